The van der Waals surface area contributed by atoms with Gasteiger partial charge in [0.2, 0.25) is 0 Å². The van der Waals surface area contributed by atoms with Gasteiger partial charge in [-0.15, -0.1) is 0 Å². The van der Waals surface area contributed by atoms with Crippen molar-refractivity contribution in [2.45, 2.75) is 13.3 Å². The first kappa shape index (κ1) is 15.9. The molecule has 0 saturated heterocycles. The van der Waals surface area contributed by atoms with Gasteiger partial charge >= 0.3 is 0 Å². The molecule has 2 aromatic heterocycles. The van der Waals surface area contributed by atoms with E-state index in [0.717, 1.165) is 22.4 Å². The molecule has 5 nitrogen and oxygen atoms in total. The summed E-state index contributed by atoms with van der Waals surface area (Å²) in [6.07, 6.45) is 1.98. The molecule has 0 aliphatic rings. The summed E-state index contributed by atoms with van der Waals surface area (Å²) >= 11 is 0. The smallest absolute Gasteiger partial charge is 0.278 e. The van der Waals surface area contributed by atoms with Crippen LogP contribution in [0.3, 0.4) is 0 Å². The first-order chi connectivity index (χ1) is 12.7. The van der Waals surface area contributed by atoms with Crippen molar-refractivity contribution >= 4 is 5.65 Å². The molecule has 126 valence electrons. The summed E-state index contributed by atoms with van der Waals surface area (Å²) in [6, 6.07) is 20.3. The van der Waals surface area contributed by atoms with E-state index in [9.17, 15) is 10.1 Å². The van der Waals surface area contributed by atoms with Crippen molar-refractivity contribution in [2.75, 3.05) is 0 Å². The molecule has 0 aliphatic heterocycles. The van der Waals surface area contributed by atoms with Gasteiger partial charge in [-0.05, 0) is 23.1 Å². The highest BCUT2D eigenvalue weighted by Gasteiger charge is 2.15. The Morgan fingerprint density at radius 1 is 1.04 bits per heavy atom. The van der Waals surface area contributed by atoms with Crippen molar-refractivity contribution in [1.29, 1.82) is 5.26 Å². The molecule has 0 aliphatic carbocycles. The Balaban J connectivity index is 1.88. The third-order valence-corrected chi connectivity index (χ3v) is 4.52. The van der Waals surface area contributed by atoms with Gasteiger partial charge in [0.15, 0.2) is 5.65 Å². The number of fused-ring (bicyclic) bond motifs is 1. The van der Waals surface area contributed by atoms with Crippen LogP contribution in [-0.2, 0) is 6.42 Å². The van der Waals surface area contributed by atoms with E-state index < -0.39 is 0 Å². The Morgan fingerprint density at radius 3 is 2.35 bits per heavy atom. The molecular formula is C21H16N4O. The topological polar surface area (TPSA) is 73.9 Å². The van der Waals surface area contributed by atoms with Crippen molar-refractivity contribution < 1.29 is 0 Å². The summed E-state index contributed by atoms with van der Waals surface area (Å²) in [5.41, 5.74) is 5.14. The number of nitriles is 1. The maximum atomic E-state index is 12.7. The van der Waals surface area contributed by atoms with Gasteiger partial charge in [0.1, 0.15) is 11.6 Å². The molecule has 2 aromatic carbocycles. The molecule has 1 N–H and O–H groups in total. The minimum absolute atomic E-state index is 0.190. The number of aromatic amines is 1. The Hall–Kier alpha value is -3.65. The van der Waals surface area contributed by atoms with Crippen molar-refractivity contribution in [3.8, 4) is 28.5 Å². The maximum Gasteiger partial charge on any atom is 0.278 e. The second-order valence-corrected chi connectivity index (χ2v) is 6.01. The van der Waals surface area contributed by atoms with Gasteiger partial charge in [-0.2, -0.15) is 14.9 Å². The average molecular weight is 340 g/mol. The molecule has 0 radical (unpaired) electrons. The highest BCUT2D eigenvalue weighted by atomic mass is 16.1. The number of rotatable bonds is 3. The summed E-state index contributed by atoms with van der Waals surface area (Å²) in [5, 5.41) is 13.3. The molecule has 0 saturated carbocycles. The van der Waals surface area contributed by atoms with Gasteiger partial charge in [-0.1, -0.05) is 61.5 Å². The third-order valence-electron chi connectivity index (χ3n) is 4.52. The quantitative estimate of drug-likeness (QED) is 0.616. The van der Waals surface area contributed by atoms with Crippen LogP contribution in [-0.4, -0.2) is 14.6 Å². The molecule has 0 fully saturated rings. The zero-order chi connectivity index (χ0) is 18.1. The largest absolute Gasteiger partial charge is 0.338 e. The Morgan fingerprint density at radius 2 is 1.69 bits per heavy atom. The predicted molar refractivity (Wildman–Crippen MR) is 101 cm³/mol. The van der Waals surface area contributed by atoms with E-state index in [1.54, 1.807) is 0 Å². The fourth-order valence-corrected chi connectivity index (χ4v) is 3.17. The van der Waals surface area contributed by atoms with Gasteiger partial charge in [0, 0.05) is 5.56 Å². The lowest BCUT2D eigenvalue weighted by molar-refractivity contribution is 0.870. The summed E-state index contributed by atoms with van der Waals surface area (Å²) in [7, 11) is 0. The van der Waals surface area contributed by atoms with E-state index >= 15 is 0 Å². The maximum absolute atomic E-state index is 12.7. The highest BCUT2D eigenvalue weighted by molar-refractivity contribution is 5.72. The Labute approximate surface area is 150 Å². The van der Waals surface area contributed by atoms with Gasteiger partial charge in [0.25, 0.3) is 5.56 Å². The Bertz CT molecular complexity index is 1180. The molecule has 2 heterocycles. The van der Waals surface area contributed by atoms with Crippen LogP contribution in [0.5, 0.6) is 0 Å². The van der Waals surface area contributed by atoms with Crippen LogP contribution in [0.1, 0.15) is 18.1 Å². The zero-order valence-electron chi connectivity index (χ0n) is 14.2. The highest BCUT2D eigenvalue weighted by Crippen LogP contribution is 2.26. The second-order valence-electron chi connectivity index (χ2n) is 6.01. The van der Waals surface area contributed by atoms with Gasteiger partial charge < -0.3 is 4.98 Å². The lowest BCUT2D eigenvalue weighted by Crippen LogP contribution is -2.21. The Kier molecular flexibility index (Phi) is 3.86. The number of aromatic nitrogens is 3. The predicted octanol–water partition coefficient (Wildman–Crippen LogP) is 3.79. The minimum atomic E-state index is -0.190. The van der Waals surface area contributed by atoms with Crippen LogP contribution in [0.4, 0.5) is 0 Å². The van der Waals surface area contributed by atoms with E-state index in [2.05, 4.69) is 28.3 Å². The number of nitrogens with one attached hydrogen (secondary N) is 1. The van der Waals surface area contributed by atoms with Crippen LogP contribution in [0, 0.1) is 11.3 Å². The standard InChI is InChI=1S/C21H16N4O/c1-2-18-19(24-20-17(12-22)13-23-25(20)21(18)26)16-10-8-15(9-11-16)14-6-4-3-5-7-14/h3-11,13,24H,2H2,1H3. The van der Waals surface area contributed by atoms with Crippen LogP contribution in [0.15, 0.2) is 65.6 Å². The fraction of sp³-hybridized carbons (Fsp3) is 0.0952. The second kappa shape index (κ2) is 6.34. The molecule has 0 amide bonds. The summed E-state index contributed by atoms with van der Waals surface area (Å²) in [5.74, 6) is 0. The van der Waals surface area contributed by atoms with E-state index in [1.807, 2.05) is 49.4 Å². The number of benzene rings is 2. The lowest BCUT2D eigenvalue weighted by Gasteiger charge is -2.10. The molecular weight excluding hydrogens is 324 g/mol. The third kappa shape index (κ3) is 2.49. The first-order valence-corrected chi connectivity index (χ1v) is 8.41. The van der Waals surface area contributed by atoms with Gasteiger partial charge in [-0.3, -0.25) is 4.79 Å². The number of H-pyrrole nitrogens is 1. The molecule has 0 unspecified atom stereocenters. The molecule has 5 heteroatoms. The normalized spacial score (nSPS) is 10.8. The van der Waals surface area contributed by atoms with Gasteiger partial charge in [-0.25, -0.2) is 0 Å². The van der Waals surface area contributed by atoms with Crippen molar-refractivity contribution in [3.63, 3.8) is 0 Å². The molecule has 0 bridgehead atoms. The zero-order valence-corrected chi connectivity index (χ0v) is 14.2. The number of hydrogen-bond donors (Lipinski definition) is 1. The molecule has 4 aromatic rings. The van der Waals surface area contributed by atoms with E-state index in [0.29, 0.717) is 23.2 Å². The summed E-state index contributed by atoms with van der Waals surface area (Å²) in [4.78, 5) is 16.0. The van der Waals surface area contributed by atoms with E-state index in [4.69, 9.17) is 0 Å². The lowest BCUT2D eigenvalue weighted by atomic mass is 10.0. The molecule has 4 rings (SSSR count). The molecule has 0 spiro atoms. The van der Waals surface area contributed by atoms with E-state index in [1.165, 1.54) is 10.7 Å². The summed E-state index contributed by atoms with van der Waals surface area (Å²) in [6.45, 7) is 1.94. The van der Waals surface area contributed by atoms with Gasteiger partial charge in [0.05, 0.1) is 11.9 Å². The SMILES string of the molecule is CCc1c(-c2ccc(-c3ccccc3)cc2)[nH]c2c(C#N)cnn2c1=O. The average Bonchev–Trinajstić information content (AvgIpc) is 3.12. The number of nitrogens with zero attached hydrogens (tertiary/aromatic N) is 3. The fourth-order valence-electron chi connectivity index (χ4n) is 3.17. The van der Waals surface area contributed by atoms with Crippen molar-refractivity contribution in [1.82, 2.24) is 14.6 Å². The van der Waals surface area contributed by atoms with Crippen LogP contribution < -0.4 is 5.56 Å². The molecule has 26 heavy (non-hydrogen) atoms. The molecule has 0 atom stereocenters. The van der Waals surface area contributed by atoms with Crippen LogP contribution >= 0.6 is 0 Å². The summed E-state index contributed by atoms with van der Waals surface area (Å²) < 4.78 is 1.26. The van der Waals surface area contributed by atoms with E-state index in [-0.39, 0.29) is 5.56 Å². The van der Waals surface area contributed by atoms with Crippen molar-refractivity contribution in [2.24, 2.45) is 0 Å². The number of hydrogen-bond acceptors (Lipinski definition) is 3. The first-order valence-electron chi connectivity index (χ1n) is 8.41. The van der Waals surface area contributed by atoms with Crippen LogP contribution in [0.2, 0.25) is 0 Å². The van der Waals surface area contributed by atoms with Crippen molar-refractivity contribution in [3.05, 3.63) is 82.3 Å². The van der Waals surface area contributed by atoms with Crippen LogP contribution in [0.25, 0.3) is 28.0 Å². The monoisotopic (exact) mass is 340 g/mol. The minimum Gasteiger partial charge on any atom is -0.338 e.